The fourth-order valence-corrected chi connectivity index (χ4v) is 1.55. The molecule has 0 heterocycles. The summed E-state index contributed by atoms with van der Waals surface area (Å²) >= 11 is 0. The van der Waals surface area contributed by atoms with Gasteiger partial charge in [-0.15, -0.1) is 0 Å². The summed E-state index contributed by atoms with van der Waals surface area (Å²) in [6.07, 6.45) is -0.905. The number of esters is 1. The third-order valence-corrected chi connectivity index (χ3v) is 2.36. The monoisotopic (exact) mass is 285 g/mol. The molecule has 0 saturated carbocycles. The Morgan fingerprint density at radius 3 is 2.80 bits per heavy atom. The lowest BCUT2D eigenvalue weighted by Gasteiger charge is -2.12. The number of carbonyl (C=O) groups excluding carboxylic acids is 1. The largest absolute Gasteiger partial charge is 0.479 e. The first kappa shape index (κ1) is 15.7. The summed E-state index contributed by atoms with van der Waals surface area (Å²) in [5.41, 5.74) is 0.475. The highest BCUT2D eigenvalue weighted by Gasteiger charge is 2.12. The topological polar surface area (TPSA) is 84.9 Å². The molecule has 0 atom stereocenters. The van der Waals surface area contributed by atoms with Gasteiger partial charge in [0.05, 0.1) is 6.61 Å². The molecule has 0 aliphatic heterocycles. The standard InChI is InChI=1S/C13H16FNO5/c1-2-19-11(16)8-20-12-9(4-3-5-10(12)14)6-7-15-13(17)18/h3-5,15H,2,6-8H2,1H3,(H,17,18). The van der Waals surface area contributed by atoms with E-state index in [-0.39, 0.29) is 25.3 Å². The number of amides is 1. The predicted molar refractivity (Wildman–Crippen MR) is 68.3 cm³/mol. The van der Waals surface area contributed by atoms with Crippen LogP contribution in [0.3, 0.4) is 0 Å². The molecule has 0 aromatic heterocycles. The van der Waals surface area contributed by atoms with Crippen LogP contribution in [0.15, 0.2) is 18.2 Å². The second kappa shape index (κ2) is 7.98. The minimum absolute atomic E-state index is 0.0623. The van der Waals surface area contributed by atoms with Gasteiger partial charge in [0.1, 0.15) is 0 Å². The van der Waals surface area contributed by atoms with Crippen LogP contribution in [0.4, 0.5) is 9.18 Å². The first-order chi connectivity index (χ1) is 9.54. The molecule has 1 aromatic carbocycles. The van der Waals surface area contributed by atoms with E-state index in [4.69, 9.17) is 9.84 Å². The maximum atomic E-state index is 13.7. The van der Waals surface area contributed by atoms with Crippen LogP contribution >= 0.6 is 0 Å². The highest BCUT2D eigenvalue weighted by molar-refractivity contribution is 5.71. The first-order valence-corrected chi connectivity index (χ1v) is 6.07. The van der Waals surface area contributed by atoms with E-state index >= 15 is 0 Å². The Morgan fingerprint density at radius 2 is 2.15 bits per heavy atom. The molecule has 7 heteroatoms. The summed E-state index contributed by atoms with van der Waals surface area (Å²) in [7, 11) is 0. The minimum Gasteiger partial charge on any atom is -0.479 e. The van der Waals surface area contributed by atoms with Crippen molar-refractivity contribution in [2.24, 2.45) is 0 Å². The van der Waals surface area contributed by atoms with Crippen molar-refractivity contribution in [3.05, 3.63) is 29.6 Å². The Kier molecular flexibility index (Phi) is 6.28. The summed E-state index contributed by atoms with van der Waals surface area (Å²) in [6, 6.07) is 4.30. The fraction of sp³-hybridized carbons (Fsp3) is 0.385. The van der Waals surface area contributed by atoms with Crippen molar-refractivity contribution in [1.29, 1.82) is 0 Å². The third kappa shape index (κ3) is 5.13. The van der Waals surface area contributed by atoms with Crippen LogP contribution in [0.2, 0.25) is 0 Å². The molecule has 0 fully saturated rings. The molecular formula is C13H16FNO5. The van der Waals surface area contributed by atoms with E-state index in [1.165, 1.54) is 12.1 Å². The molecule has 0 saturated heterocycles. The van der Waals surface area contributed by atoms with Crippen molar-refractivity contribution in [3.8, 4) is 5.75 Å². The Morgan fingerprint density at radius 1 is 1.40 bits per heavy atom. The van der Waals surface area contributed by atoms with Gasteiger partial charge >= 0.3 is 12.1 Å². The van der Waals surface area contributed by atoms with Crippen LogP contribution in [-0.4, -0.2) is 36.9 Å². The number of benzene rings is 1. The highest BCUT2D eigenvalue weighted by atomic mass is 19.1. The minimum atomic E-state index is -1.16. The van der Waals surface area contributed by atoms with Gasteiger partial charge in [0.25, 0.3) is 0 Å². The normalized spacial score (nSPS) is 9.90. The maximum Gasteiger partial charge on any atom is 0.404 e. The average molecular weight is 285 g/mol. The molecule has 1 rings (SSSR count). The van der Waals surface area contributed by atoms with Crippen molar-refractivity contribution in [2.75, 3.05) is 19.8 Å². The van der Waals surface area contributed by atoms with Gasteiger partial charge < -0.3 is 19.9 Å². The lowest BCUT2D eigenvalue weighted by molar-refractivity contribution is -0.145. The van der Waals surface area contributed by atoms with Gasteiger partial charge in [-0.2, -0.15) is 0 Å². The summed E-state index contributed by atoms with van der Waals surface area (Å²) in [4.78, 5) is 21.5. The Bertz CT molecular complexity index is 478. The zero-order chi connectivity index (χ0) is 15.0. The summed E-state index contributed by atoms with van der Waals surface area (Å²) in [6.45, 7) is 1.60. The van der Waals surface area contributed by atoms with E-state index in [0.717, 1.165) is 0 Å². The fourth-order valence-electron chi connectivity index (χ4n) is 1.55. The van der Waals surface area contributed by atoms with Crippen LogP contribution in [0.5, 0.6) is 5.75 Å². The first-order valence-electron chi connectivity index (χ1n) is 6.07. The molecule has 0 bridgehead atoms. The number of para-hydroxylation sites is 1. The zero-order valence-corrected chi connectivity index (χ0v) is 11.0. The van der Waals surface area contributed by atoms with Gasteiger partial charge in [-0.25, -0.2) is 14.0 Å². The number of nitrogens with one attached hydrogen (secondary N) is 1. The lowest BCUT2D eigenvalue weighted by Crippen LogP contribution is -2.23. The number of ether oxygens (including phenoxy) is 2. The molecule has 6 nitrogen and oxygen atoms in total. The van der Waals surface area contributed by atoms with Gasteiger partial charge in [0.15, 0.2) is 18.2 Å². The van der Waals surface area contributed by atoms with Gasteiger partial charge in [-0.3, -0.25) is 0 Å². The van der Waals surface area contributed by atoms with Crippen LogP contribution in [0, 0.1) is 5.82 Å². The Balaban J connectivity index is 2.67. The van der Waals surface area contributed by atoms with Crippen molar-refractivity contribution in [2.45, 2.75) is 13.3 Å². The summed E-state index contributed by atoms with van der Waals surface area (Å²) < 4.78 is 23.5. The van der Waals surface area contributed by atoms with Crippen molar-refractivity contribution < 1.29 is 28.6 Å². The molecule has 20 heavy (non-hydrogen) atoms. The molecule has 2 N–H and O–H groups in total. The summed E-state index contributed by atoms with van der Waals surface area (Å²) in [5, 5.41) is 10.6. The lowest BCUT2D eigenvalue weighted by atomic mass is 10.1. The van der Waals surface area contributed by atoms with Crippen LogP contribution in [0.25, 0.3) is 0 Å². The molecular weight excluding hydrogens is 269 g/mol. The van der Waals surface area contributed by atoms with E-state index in [9.17, 15) is 14.0 Å². The van der Waals surface area contributed by atoms with Crippen LogP contribution < -0.4 is 10.1 Å². The smallest absolute Gasteiger partial charge is 0.404 e. The molecule has 1 aromatic rings. The Labute approximate surface area is 115 Å². The quantitative estimate of drug-likeness (QED) is 0.743. The number of hydrogen-bond donors (Lipinski definition) is 2. The van der Waals surface area contributed by atoms with Crippen LogP contribution in [0.1, 0.15) is 12.5 Å². The number of carbonyl (C=O) groups is 2. The van der Waals surface area contributed by atoms with E-state index in [2.05, 4.69) is 10.1 Å². The molecule has 0 radical (unpaired) electrons. The second-order valence-corrected chi connectivity index (χ2v) is 3.80. The van der Waals surface area contributed by atoms with Gasteiger partial charge in [0, 0.05) is 6.54 Å². The maximum absolute atomic E-state index is 13.7. The molecule has 0 unspecified atom stereocenters. The van der Waals surface area contributed by atoms with E-state index < -0.39 is 24.5 Å². The third-order valence-electron chi connectivity index (χ3n) is 2.36. The molecule has 0 aliphatic rings. The summed E-state index contributed by atoms with van der Waals surface area (Å²) in [5.74, 6) is -1.26. The second-order valence-electron chi connectivity index (χ2n) is 3.80. The highest BCUT2D eigenvalue weighted by Crippen LogP contribution is 2.23. The SMILES string of the molecule is CCOC(=O)COc1c(F)cccc1CCNC(=O)O. The van der Waals surface area contributed by atoms with E-state index in [0.29, 0.717) is 5.56 Å². The van der Waals surface area contributed by atoms with E-state index in [1.807, 2.05) is 0 Å². The van der Waals surface area contributed by atoms with Crippen molar-refractivity contribution in [1.82, 2.24) is 5.32 Å². The predicted octanol–water partition coefficient (Wildman–Crippen LogP) is 1.58. The van der Waals surface area contributed by atoms with Gasteiger partial charge in [-0.1, -0.05) is 12.1 Å². The van der Waals surface area contributed by atoms with E-state index in [1.54, 1.807) is 13.0 Å². The Hall–Kier alpha value is -2.31. The molecule has 1 amide bonds. The number of carboxylic acid groups (broad SMARTS) is 1. The number of hydrogen-bond acceptors (Lipinski definition) is 4. The van der Waals surface area contributed by atoms with Crippen LogP contribution in [-0.2, 0) is 16.0 Å². The van der Waals surface area contributed by atoms with Gasteiger partial charge in [-0.05, 0) is 25.0 Å². The average Bonchev–Trinajstić information content (AvgIpc) is 2.38. The van der Waals surface area contributed by atoms with Gasteiger partial charge in [0.2, 0.25) is 0 Å². The number of rotatable bonds is 7. The van der Waals surface area contributed by atoms with Crippen molar-refractivity contribution in [3.63, 3.8) is 0 Å². The molecule has 0 spiro atoms. The molecule has 0 aliphatic carbocycles. The zero-order valence-electron chi connectivity index (χ0n) is 11.0. The van der Waals surface area contributed by atoms with Crippen molar-refractivity contribution >= 4 is 12.1 Å². The molecule has 110 valence electrons. The number of halogens is 1.